The zero-order valence-corrected chi connectivity index (χ0v) is 21.9. The number of aromatic nitrogens is 6. The highest BCUT2D eigenvalue weighted by Crippen LogP contribution is 2.35. The van der Waals surface area contributed by atoms with Crippen LogP contribution >= 0.6 is 0 Å². The van der Waals surface area contributed by atoms with Gasteiger partial charge in [0.05, 0.1) is 28.5 Å². The van der Waals surface area contributed by atoms with Gasteiger partial charge in [0.25, 0.3) is 0 Å². The van der Waals surface area contributed by atoms with Crippen LogP contribution in [0.3, 0.4) is 0 Å². The van der Waals surface area contributed by atoms with Gasteiger partial charge in [-0.1, -0.05) is 60.7 Å². The topological polar surface area (TPSA) is 68.9 Å². The molecule has 192 valence electrons. The summed E-state index contributed by atoms with van der Waals surface area (Å²) in [6, 6.07) is 38.8. The second kappa shape index (κ2) is 9.47. The maximum atomic E-state index is 5.19. The minimum Gasteiger partial charge on any atom is -0.284 e. The quantitative estimate of drug-likeness (QED) is 0.233. The molecule has 6 nitrogen and oxygen atoms in total. The van der Waals surface area contributed by atoms with Crippen molar-refractivity contribution >= 4 is 27.6 Å². The van der Waals surface area contributed by atoms with E-state index in [1.807, 2.05) is 60.8 Å². The number of fused-ring (bicyclic) bond motifs is 5. The summed E-state index contributed by atoms with van der Waals surface area (Å²) >= 11 is 0. The van der Waals surface area contributed by atoms with Gasteiger partial charge in [0.1, 0.15) is 11.2 Å². The number of hydrogen-bond acceptors (Lipinski definition) is 5. The summed E-state index contributed by atoms with van der Waals surface area (Å²) in [6.45, 7) is 0. The van der Waals surface area contributed by atoms with Gasteiger partial charge in [0.15, 0.2) is 5.65 Å². The van der Waals surface area contributed by atoms with Crippen LogP contribution in [0.2, 0.25) is 0 Å². The van der Waals surface area contributed by atoms with Crippen LogP contribution in [-0.4, -0.2) is 29.3 Å². The van der Waals surface area contributed by atoms with Crippen LogP contribution in [-0.2, 0) is 0 Å². The van der Waals surface area contributed by atoms with Crippen LogP contribution in [0, 0.1) is 0 Å². The monoisotopic (exact) mass is 526 g/mol. The normalized spacial score (nSPS) is 11.4. The molecule has 41 heavy (non-hydrogen) atoms. The van der Waals surface area contributed by atoms with Gasteiger partial charge >= 0.3 is 0 Å². The molecule has 0 fully saturated rings. The fraction of sp³-hybridized carbons (Fsp3) is 0. The number of hydrogen-bond donors (Lipinski definition) is 0. The van der Waals surface area contributed by atoms with Gasteiger partial charge in [0, 0.05) is 34.9 Å². The van der Waals surface area contributed by atoms with Crippen molar-refractivity contribution in [3.63, 3.8) is 0 Å². The summed E-state index contributed by atoms with van der Waals surface area (Å²) in [5, 5.41) is 2.15. The summed E-state index contributed by atoms with van der Waals surface area (Å²) in [5.74, 6) is 0. The van der Waals surface area contributed by atoms with Crippen LogP contribution < -0.4 is 0 Å². The molecule has 0 aliphatic heterocycles. The van der Waals surface area contributed by atoms with Crippen molar-refractivity contribution in [1.82, 2.24) is 29.3 Å². The lowest BCUT2D eigenvalue weighted by Gasteiger charge is -2.12. The summed E-state index contributed by atoms with van der Waals surface area (Å²) < 4.78 is 2.05. The Hall–Kier alpha value is -5.75. The maximum absolute atomic E-state index is 5.19. The van der Waals surface area contributed by atoms with E-state index in [-0.39, 0.29) is 0 Å². The summed E-state index contributed by atoms with van der Waals surface area (Å²) in [5.41, 5.74) is 9.89. The standard InChI is InChI=1S/C35H22N6/c1-2-13-27-26(12-1)33(40-35-34(27)39-32-16-5-8-19-41(32)35)24-11-9-10-23(20-24)25-21-30(28-14-3-6-17-36-28)38-31(22-25)29-15-4-7-18-37-29/h1-22H. The molecular weight excluding hydrogens is 504 g/mol. The number of benzene rings is 2. The molecule has 0 aliphatic carbocycles. The SMILES string of the molecule is c1ccc(-c2cc(-c3cccc(-c4nc5c(nc6ccccn65)c5ccccc45)c3)cc(-c3ccccn3)n2)nc1. The maximum Gasteiger partial charge on any atom is 0.165 e. The minimum atomic E-state index is 0.796. The molecule has 8 rings (SSSR count). The van der Waals surface area contributed by atoms with Crippen LogP contribution in [0.5, 0.6) is 0 Å². The molecule has 0 aliphatic rings. The van der Waals surface area contributed by atoms with E-state index >= 15 is 0 Å². The largest absolute Gasteiger partial charge is 0.284 e. The Labute approximate surface area is 235 Å². The zero-order valence-electron chi connectivity index (χ0n) is 21.9. The third-order valence-electron chi connectivity index (χ3n) is 7.31. The number of pyridine rings is 5. The van der Waals surface area contributed by atoms with E-state index in [1.165, 1.54) is 0 Å². The molecule has 6 heterocycles. The Morgan fingerprint density at radius 2 is 1.15 bits per heavy atom. The average molecular weight is 527 g/mol. The van der Waals surface area contributed by atoms with Crippen molar-refractivity contribution in [2.75, 3.05) is 0 Å². The van der Waals surface area contributed by atoms with Gasteiger partial charge in [0.2, 0.25) is 0 Å². The first-order valence-electron chi connectivity index (χ1n) is 13.4. The van der Waals surface area contributed by atoms with Crippen molar-refractivity contribution in [2.45, 2.75) is 0 Å². The van der Waals surface area contributed by atoms with Crippen molar-refractivity contribution < 1.29 is 0 Å². The second-order valence-electron chi connectivity index (χ2n) is 9.86. The van der Waals surface area contributed by atoms with E-state index in [1.54, 1.807) is 12.4 Å². The van der Waals surface area contributed by atoms with Gasteiger partial charge in [-0.05, 0) is 65.7 Å². The molecule has 0 amide bonds. The van der Waals surface area contributed by atoms with Gasteiger partial charge in [-0.3, -0.25) is 14.4 Å². The first kappa shape index (κ1) is 23.2. The molecule has 6 heteroatoms. The van der Waals surface area contributed by atoms with Crippen LogP contribution in [0.25, 0.3) is 72.7 Å². The highest BCUT2D eigenvalue weighted by molar-refractivity contribution is 6.09. The second-order valence-corrected chi connectivity index (χ2v) is 9.86. The van der Waals surface area contributed by atoms with Gasteiger partial charge in [-0.25, -0.2) is 15.0 Å². The van der Waals surface area contributed by atoms with Crippen molar-refractivity contribution in [2.24, 2.45) is 0 Å². The Morgan fingerprint density at radius 1 is 0.463 bits per heavy atom. The Bertz CT molecular complexity index is 2150. The molecule has 0 radical (unpaired) electrons. The van der Waals surface area contributed by atoms with Crippen molar-refractivity contribution in [3.05, 3.63) is 134 Å². The molecule has 0 saturated carbocycles. The van der Waals surface area contributed by atoms with Gasteiger partial charge < -0.3 is 0 Å². The fourth-order valence-electron chi connectivity index (χ4n) is 5.39. The molecule has 2 aromatic carbocycles. The van der Waals surface area contributed by atoms with E-state index in [9.17, 15) is 0 Å². The van der Waals surface area contributed by atoms with E-state index in [0.717, 1.165) is 72.7 Å². The molecule has 0 spiro atoms. The molecule has 8 aromatic rings. The predicted octanol–water partition coefficient (Wildman–Crippen LogP) is 7.89. The summed E-state index contributed by atoms with van der Waals surface area (Å²) in [7, 11) is 0. The van der Waals surface area contributed by atoms with E-state index in [0.29, 0.717) is 0 Å². The van der Waals surface area contributed by atoms with E-state index < -0.39 is 0 Å². The lowest BCUT2D eigenvalue weighted by molar-refractivity contribution is 1.19. The van der Waals surface area contributed by atoms with E-state index in [4.69, 9.17) is 15.0 Å². The number of imidazole rings is 1. The minimum absolute atomic E-state index is 0.796. The van der Waals surface area contributed by atoms with E-state index in [2.05, 4.69) is 75.0 Å². The number of rotatable bonds is 4. The smallest absolute Gasteiger partial charge is 0.165 e. The molecule has 6 aromatic heterocycles. The van der Waals surface area contributed by atoms with Crippen LogP contribution in [0.4, 0.5) is 0 Å². The lowest BCUT2D eigenvalue weighted by Crippen LogP contribution is -1.94. The van der Waals surface area contributed by atoms with Crippen molar-refractivity contribution in [3.8, 4) is 45.2 Å². The average Bonchev–Trinajstić information content (AvgIpc) is 3.44. The highest BCUT2D eigenvalue weighted by Gasteiger charge is 2.16. The van der Waals surface area contributed by atoms with Crippen LogP contribution in [0.15, 0.2) is 134 Å². The molecule has 0 bridgehead atoms. The Balaban J connectivity index is 1.34. The zero-order chi connectivity index (χ0) is 27.2. The Kier molecular flexibility index (Phi) is 5.35. The summed E-state index contributed by atoms with van der Waals surface area (Å²) in [4.78, 5) is 24.2. The van der Waals surface area contributed by atoms with Crippen molar-refractivity contribution in [1.29, 1.82) is 0 Å². The first-order chi connectivity index (χ1) is 20.3. The van der Waals surface area contributed by atoms with Gasteiger partial charge in [-0.15, -0.1) is 0 Å². The Morgan fingerprint density at radius 3 is 1.88 bits per heavy atom. The third-order valence-corrected chi connectivity index (χ3v) is 7.31. The molecule has 0 atom stereocenters. The first-order valence-corrected chi connectivity index (χ1v) is 13.4. The molecular formula is C35H22N6. The highest BCUT2D eigenvalue weighted by atomic mass is 15.1. The predicted molar refractivity (Wildman–Crippen MR) is 163 cm³/mol. The van der Waals surface area contributed by atoms with Crippen LogP contribution in [0.1, 0.15) is 0 Å². The lowest BCUT2D eigenvalue weighted by atomic mass is 9.97. The molecule has 0 saturated heterocycles. The van der Waals surface area contributed by atoms with Gasteiger partial charge in [-0.2, -0.15) is 0 Å². The third kappa shape index (κ3) is 4.01. The summed E-state index contributed by atoms with van der Waals surface area (Å²) in [6.07, 6.45) is 5.59. The fourth-order valence-corrected chi connectivity index (χ4v) is 5.39. The molecule has 0 N–H and O–H groups in total. The number of nitrogens with zero attached hydrogens (tertiary/aromatic N) is 6. The molecule has 0 unspecified atom stereocenters.